The van der Waals surface area contributed by atoms with Crippen molar-refractivity contribution in [3.8, 4) is 0 Å². The first-order valence-electron chi connectivity index (χ1n) is 4.28. The molecule has 1 nitrogen and oxygen atoms in total. The third-order valence-corrected chi connectivity index (χ3v) is 2.93. The number of rotatable bonds is 0. The summed E-state index contributed by atoms with van der Waals surface area (Å²) in [5, 5.41) is 0.824. The summed E-state index contributed by atoms with van der Waals surface area (Å²) in [6, 6.07) is 6.12. The van der Waals surface area contributed by atoms with Crippen molar-refractivity contribution >= 4 is 11.6 Å². The van der Waals surface area contributed by atoms with Gasteiger partial charge in [0.05, 0.1) is 6.10 Å². The van der Waals surface area contributed by atoms with Crippen molar-refractivity contribution in [2.24, 2.45) is 0 Å². The summed E-state index contributed by atoms with van der Waals surface area (Å²) in [6.07, 6.45) is 3.19. The number of fused-ring (bicyclic) bond motifs is 3. The van der Waals surface area contributed by atoms with Gasteiger partial charge >= 0.3 is 0 Å². The largest absolute Gasteiger partial charge is 0.364 e. The van der Waals surface area contributed by atoms with Gasteiger partial charge in [0, 0.05) is 5.02 Å². The summed E-state index contributed by atoms with van der Waals surface area (Å²) in [5.74, 6) is 0. The monoisotopic (exact) mass is 180 g/mol. The number of hydrogen-bond donors (Lipinski definition) is 0. The molecule has 2 aliphatic rings. The van der Waals surface area contributed by atoms with Crippen molar-refractivity contribution in [1.29, 1.82) is 0 Å². The first-order chi connectivity index (χ1) is 5.84. The van der Waals surface area contributed by atoms with Crippen LogP contribution >= 0.6 is 11.6 Å². The highest BCUT2D eigenvalue weighted by atomic mass is 35.5. The number of aryl methyl sites for hydroxylation is 1. The van der Waals surface area contributed by atoms with Crippen LogP contribution in [0.5, 0.6) is 0 Å². The van der Waals surface area contributed by atoms with E-state index in [0.29, 0.717) is 12.2 Å². The lowest BCUT2D eigenvalue weighted by Crippen LogP contribution is -2.03. The lowest BCUT2D eigenvalue weighted by molar-refractivity contribution is 0.373. The number of hydrogen-bond acceptors (Lipinski definition) is 1. The molecule has 2 atom stereocenters. The van der Waals surface area contributed by atoms with Crippen molar-refractivity contribution in [2.45, 2.75) is 25.0 Å². The lowest BCUT2D eigenvalue weighted by atomic mass is 9.92. The molecule has 3 rings (SSSR count). The average molecular weight is 181 g/mol. The molecule has 1 heterocycles. The molecule has 1 aromatic rings. The minimum Gasteiger partial charge on any atom is -0.364 e. The van der Waals surface area contributed by atoms with E-state index in [1.807, 2.05) is 12.1 Å². The first kappa shape index (κ1) is 6.93. The van der Waals surface area contributed by atoms with Crippen molar-refractivity contribution in [1.82, 2.24) is 0 Å². The van der Waals surface area contributed by atoms with E-state index in [0.717, 1.165) is 11.4 Å². The highest BCUT2D eigenvalue weighted by Crippen LogP contribution is 2.47. The van der Waals surface area contributed by atoms with Crippen LogP contribution in [0.2, 0.25) is 5.02 Å². The van der Waals surface area contributed by atoms with E-state index in [1.54, 1.807) is 0 Å². The van der Waals surface area contributed by atoms with Crippen molar-refractivity contribution in [3.05, 3.63) is 34.3 Å². The van der Waals surface area contributed by atoms with E-state index in [-0.39, 0.29) is 0 Å². The third kappa shape index (κ3) is 0.900. The standard InChI is InChI=1S/C10H9ClO/c11-7-3-1-6-2-4-9-10(12-9)8(6)5-7/h1,3,5,9-10H,2,4H2. The van der Waals surface area contributed by atoms with Crippen LogP contribution in [0.1, 0.15) is 23.7 Å². The second-order valence-electron chi connectivity index (χ2n) is 3.48. The summed E-state index contributed by atoms with van der Waals surface area (Å²) in [7, 11) is 0. The molecule has 0 amide bonds. The minimum absolute atomic E-state index is 0.368. The SMILES string of the molecule is Clc1ccc2c(c1)C1OC1CC2. The van der Waals surface area contributed by atoms with E-state index < -0.39 is 0 Å². The van der Waals surface area contributed by atoms with Gasteiger partial charge in [-0.25, -0.2) is 0 Å². The summed E-state index contributed by atoms with van der Waals surface area (Å²) < 4.78 is 5.50. The molecule has 1 fully saturated rings. The molecule has 0 bridgehead atoms. The van der Waals surface area contributed by atoms with Gasteiger partial charge in [0.1, 0.15) is 6.10 Å². The minimum atomic E-state index is 0.368. The van der Waals surface area contributed by atoms with E-state index in [2.05, 4.69) is 6.07 Å². The topological polar surface area (TPSA) is 12.5 Å². The Labute approximate surface area is 76.3 Å². The number of epoxide rings is 1. The molecule has 0 saturated carbocycles. The maximum absolute atomic E-state index is 5.90. The molecular weight excluding hydrogens is 172 g/mol. The maximum atomic E-state index is 5.90. The van der Waals surface area contributed by atoms with Crippen LogP contribution in [0.15, 0.2) is 18.2 Å². The highest BCUT2D eigenvalue weighted by molar-refractivity contribution is 6.30. The molecule has 1 aromatic carbocycles. The molecule has 1 aliphatic heterocycles. The van der Waals surface area contributed by atoms with Gasteiger partial charge in [-0.2, -0.15) is 0 Å². The zero-order chi connectivity index (χ0) is 8.13. The molecule has 12 heavy (non-hydrogen) atoms. The fourth-order valence-corrected chi connectivity index (χ4v) is 2.17. The number of benzene rings is 1. The van der Waals surface area contributed by atoms with Crippen LogP contribution in [0.4, 0.5) is 0 Å². The smallest absolute Gasteiger partial charge is 0.109 e. The quantitative estimate of drug-likeness (QED) is 0.560. The zero-order valence-corrected chi connectivity index (χ0v) is 7.34. The molecule has 0 radical (unpaired) electrons. The molecule has 2 unspecified atom stereocenters. The van der Waals surface area contributed by atoms with Gasteiger partial charge in [-0.15, -0.1) is 0 Å². The molecule has 0 N–H and O–H groups in total. The Balaban J connectivity index is 2.14. The van der Waals surface area contributed by atoms with Gasteiger partial charge in [-0.3, -0.25) is 0 Å². The van der Waals surface area contributed by atoms with Gasteiger partial charge in [0.2, 0.25) is 0 Å². The van der Waals surface area contributed by atoms with E-state index in [9.17, 15) is 0 Å². The fourth-order valence-electron chi connectivity index (χ4n) is 1.99. The van der Waals surface area contributed by atoms with Crippen LogP contribution in [-0.2, 0) is 11.2 Å². The zero-order valence-electron chi connectivity index (χ0n) is 6.59. The Kier molecular flexibility index (Phi) is 1.29. The lowest BCUT2D eigenvalue weighted by Gasteiger charge is -2.11. The van der Waals surface area contributed by atoms with E-state index in [4.69, 9.17) is 16.3 Å². The fraction of sp³-hybridized carbons (Fsp3) is 0.400. The summed E-state index contributed by atoms with van der Waals surface area (Å²) >= 11 is 5.90. The molecule has 1 aliphatic carbocycles. The van der Waals surface area contributed by atoms with Crippen LogP contribution in [-0.4, -0.2) is 6.10 Å². The number of halogens is 1. The summed E-state index contributed by atoms with van der Waals surface area (Å²) in [4.78, 5) is 0. The maximum Gasteiger partial charge on any atom is 0.109 e. The Morgan fingerprint density at radius 1 is 1.42 bits per heavy atom. The van der Waals surface area contributed by atoms with Crippen molar-refractivity contribution in [3.63, 3.8) is 0 Å². The van der Waals surface area contributed by atoms with Gasteiger partial charge < -0.3 is 4.74 Å². The summed E-state index contributed by atoms with van der Waals surface area (Å²) in [6.45, 7) is 0. The Bertz CT molecular complexity index is 335. The average Bonchev–Trinajstić information content (AvgIpc) is 2.82. The predicted molar refractivity (Wildman–Crippen MR) is 47.4 cm³/mol. The second kappa shape index (κ2) is 2.24. The first-order valence-corrected chi connectivity index (χ1v) is 4.66. The van der Waals surface area contributed by atoms with Gasteiger partial charge in [0.15, 0.2) is 0 Å². The molecule has 62 valence electrons. The normalized spacial score (nSPS) is 30.8. The van der Waals surface area contributed by atoms with Crippen LogP contribution < -0.4 is 0 Å². The van der Waals surface area contributed by atoms with Gasteiger partial charge in [-0.05, 0) is 36.1 Å². The molecular formula is C10H9ClO. The van der Waals surface area contributed by atoms with E-state index >= 15 is 0 Å². The van der Waals surface area contributed by atoms with Gasteiger partial charge in [0.25, 0.3) is 0 Å². The van der Waals surface area contributed by atoms with Crippen LogP contribution in [0.25, 0.3) is 0 Å². The Morgan fingerprint density at radius 3 is 3.25 bits per heavy atom. The molecule has 0 aromatic heterocycles. The third-order valence-electron chi connectivity index (χ3n) is 2.70. The summed E-state index contributed by atoms with van der Waals surface area (Å²) in [5.41, 5.74) is 2.73. The van der Waals surface area contributed by atoms with Crippen molar-refractivity contribution in [2.75, 3.05) is 0 Å². The van der Waals surface area contributed by atoms with Crippen molar-refractivity contribution < 1.29 is 4.74 Å². The Hall–Kier alpha value is -0.530. The van der Waals surface area contributed by atoms with E-state index in [1.165, 1.54) is 17.5 Å². The molecule has 0 spiro atoms. The highest BCUT2D eigenvalue weighted by Gasteiger charge is 2.43. The second-order valence-corrected chi connectivity index (χ2v) is 3.91. The van der Waals surface area contributed by atoms with Crippen LogP contribution in [0, 0.1) is 0 Å². The predicted octanol–water partition coefficient (Wildman–Crippen LogP) is 2.73. The van der Waals surface area contributed by atoms with Crippen LogP contribution in [0.3, 0.4) is 0 Å². The Morgan fingerprint density at radius 2 is 2.33 bits per heavy atom. The number of ether oxygens (including phenoxy) is 1. The molecule has 2 heteroatoms. The molecule has 1 saturated heterocycles. The van der Waals surface area contributed by atoms with Gasteiger partial charge in [-0.1, -0.05) is 17.7 Å².